The average Bonchev–Trinajstić information content (AvgIpc) is 3.26. The summed E-state index contributed by atoms with van der Waals surface area (Å²) in [6.45, 7) is 3.77. The highest BCUT2D eigenvalue weighted by atomic mass is 35.5. The maximum Gasteiger partial charge on any atom is 0.277 e. The SMILES string of the molecule is CN1CCN(c2c(Cl)cccc2NC(=O)CSc2nnc(COc3ccccc3)o2)CC1. The topological polar surface area (TPSA) is 83.7 Å². The van der Waals surface area contributed by atoms with Gasteiger partial charge in [-0.3, -0.25) is 4.79 Å². The zero-order chi connectivity index (χ0) is 22.3. The lowest BCUT2D eigenvalue weighted by molar-refractivity contribution is -0.113. The minimum atomic E-state index is -0.173. The lowest BCUT2D eigenvalue weighted by Crippen LogP contribution is -2.44. The van der Waals surface area contributed by atoms with Crippen molar-refractivity contribution in [3.8, 4) is 5.75 Å². The molecule has 0 spiro atoms. The number of benzene rings is 2. The molecule has 1 aliphatic rings. The Hall–Kier alpha value is -2.75. The van der Waals surface area contributed by atoms with E-state index in [-0.39, 0.29) is 18.3 Å². The van der Waals surface area contributed by atoms with E-state index in [0.717, 1.165) is 37.6 Å². The molecule has 0 unspecified atom stereocenters. The molecule has 32 heavy (non-hydrogen) atoms. The molecule has 4 rings (SSSR count). The van der Waals surface area contributed by atoms with E-state index in [9.17, 15) is 4.79 Å². The van der Waals surface area contributed by atoms with E-state index in [2.05, 4.69) is 32.4 Å². The molecule has 0 bridgehead atoms. The van der Waals surface area contributed by atoms with Gasteiger partial charge in [-0.25, -0.2) is 0 Å². The molecule has 0 radical (unpaired) electrons. The molecule has 1 N–H and O–H groups in total. The average molecular weight is 474 g/mol. The molecule has 0 saturated carbocycles. The molecule has 8 nitrogen and oxygen atoms in total. The molecule has 168 valence electrons. The maximum atomic E-state index is 12.6. The number of rotatable bonds is 8. The second-order valence-corrected chi connectivity index (χ2v) is 8.66. The first kappa shape index (κ1) is 22.4. The fraction of sp³-hybridized carbons (Fsp3) is 0.318. The smallest absolute Gasteiger partial charge is 0.277 e. The lowest BCUT2D eigenvalue weighted by Gasteiger charge is -2.35. The third-order valence-electron chi connectivity index (χ3n) is 4.96. The molecule has 1 aromatic heterocycles. The number of piperazine rings is 1. The van der Waals surface area contributed by atoms with Gasteiger partial charge in [-0.1, -0.05) is 47.6 Å². The summed E-state index contributed by atoms with van der Waals surface area (Å²) in [5.74, 6) is 1.03. The van der Waals surface area contributed by atoms with Gasteiger partial charge in [0, 0.05) is 26.2 Å². The molecule has 10 heteroatoms. The van der Waals surface area contributed by atoms with E-state index in [1.807, 2.05) is 48.5 Å². The van der Waals surface area contributed by atoms with Gasteiger partial charge in [-0.2, -0.15) is 0 Å². The number of hydrogen-bond acceptors (Lipinski definition) is 8. The molecular weight excluding hydrogens is 450 g/mol. The standard InChI is InChI=1S/C22H24ClN5O3S/c1-27-10-12-28(13-11-27)21-17(23)8-5-9-18(21)24-19(29)15-32-22-26-25-20(31-22)14-30-16-6-3-2-4-7-16/h2-9H,10-15H2,1H3,(H,24,29). The molecule has 0 atom stereocenters. The quantitative estimate of drug-likeness (QED) is 0.495. The Morgan fingerprint density at radius 1 is 1.12 bits per heavy atom. The van der Waals surface area contributed by atoms with Crippen LogP contribution < -0.4 is 15.0 Å². The number of para-hydroxylation sites is 2. The van der Waals surface area contributed by atoms with Gasteiger partial charge < -0.3 is 24.3 Å². The van der Waals surface area contributed by atoms with Crippen molar-refractivity contribution < 1.29 is 13.9 Å². The van der Waals surface area contributed by atoms with Crippen LogP contribution in [0.5, 0.6) is 5.75 Å². The zero-order valence-electron chi connectivity index (χ0n) is 17.7. The Morgan fingerprint density at radius 2 is 1.91 bits per heavy atom. The molecule has 1 aliphatic heterocycles. The Kier molecular flexibility index (Phi) is 7.51. The molecule has 2 heterocycles. The minimum Gasteiger partial charge on any atom is -0.484 e. The van der Waals surface area contributed by atoms with Crippen LogP contribution >= 0.6 is 23.4 Å². The molecular formula is C22H24ClN5O3S. The van der Waals surface area contributed by atoms with Crippen molar-refractivity contribution in [2.45, 2.75) is 11.8 Å². The number of nitrogens with one attached hydrogen (secondary N) is 1. The van der Waals surface area contributed by atoms with Gasteiger partial charge in [-0.05, 0) is 31.3 Å². The fourth-order valence-corrected chi connectivity index (χ4v) is 4.17. The van der Waals surface area contributed by atoms with Crippen molar-refractivity contribution in [1.29, 1.82) is 0 Å². The van der Waals surface area contributed by atoms with E-state index in [1.165, 1.54) is 11.8 Å². The van der Waals surface area contributed by atoms with Crippen molar-refractivity contribution in [2.75, 3.05) is 49.2 Å². The molecule has 3 aromatic rings. The number of halogens is 1. The van der Waals surface area contributed by atoms with Crippen LogP contribution in [0.1, 0.15) is 5.89 Å². The number of nitrogens with zero attached hydrogens (tertiary/aromatic N) is 4. The number of aromatic nitrogens is 2. The summed E-state index contributed by atoms with van der Waals surface area (Å²) in [6, 6.07) is 14.9. The van der Waals surface area contributed by atoms with Crippen molar-refractivity contribution in [3.63, 3.8) is 0 Å². The second-order valence-electron chi connectivity index (χ2n) is 7.33. The number of amides is 1. The van der Waals surface area contributed by atoms with Gasteiger partial charge in [0.05, 0.1) is 22.2 Å². The van der Waals surface area contributed by atoms with E-state index in [4.69, 9.17) is 20.8 Å². The predicted octanol–water partition coefficient (Wildman–Crippen LogP) is 3.78. The highest BCUT2D eigenvalue weighted by molar-refractivity contribution is 7.99. The van der Waals surface area contributed by atoms with Crippen LogP contribution in [0.15, 0.2) is 58.2 Å². The first-order chi connectivity index (χ1) is 15.6. The van der Waals surface area contributed by atoms with Gasteiger partial charge in [0.25, 0.3) is 11.1 Å². The molecule has 1 amide bonds. The Bertz CT molecular complexity index is 1040. The van der Waals surface area contributed by atoms with Crippen molar-refractivity contribution in [1.82, 2.24) is 15.1 Å². The minimum absolute atomic E-state index is 0.135. The third kappa shape index (κ3) is 5.93. The van der Waals surface area contributed by atoms with Crippen molar-refractivity contribution >= 4 is 40.6 Å². The molecule has 1 saturated heterocycles. The summed E-state index contributed by atoms with van der Waals surface area (Å²) in [5, 5.41) is 11.8. The van der Waals surface area contributed by atoms with E-state index in [0.29, 0.717) is 21.8 Å². The lowest BCUT2D eigenvalue weighted by atomic mass is 10.2. The zero-order valence-corrected chi connectivity index (χ0v) is 19.2. The number of thioether (sulfide) groups is 1. The summed E-state index contributed by atoms with van der Waals surface area (Å²) >= 11 is 7.65. The van der Waals surface area contributed by atoms with Crippen LogP contribution in [0.3, 0.4) is 0 Å². The van der Waals surface area contributed by atoms with Gasteiger partial charge in [0.2, 0.25) is 5.91 Å². The van der Waals surface area contributed by atoms with Gasteiger partial charge >= 0.3 is 0 Å². The predicted molar refractivity (Wildman–Crippen MR) is 126 cm³/mol. The van der Waals surface area contributed by atoms with Crippen molar-refractivity contribution in [2.24, 2.45) is 0 Å². The Balaban J connectivity index is 1.31. The highest BCUT2D eigenvalue weighted by Crippen LogP contribution is 2.34. The number of anilines is 2. The van der Waals surface area contributed by atoms with Gasteiger partial charge in [0.15, 0.2) is 6.61 Å². The molecule has 0 aliphatic carbocycles. The number of ether oxygens (including phenoxy) is 1. The number of carbonyl (C=O) groups excluding carboxylic acids is 1. The summed E-state index contributed by atoms with van der Waals surface area (Å²) in [6.07, 6.45) is 0. The third-order valence-corrected chi connectivity index (χ3v) is 6.08. The first-order valence-electron chi connectivity index (χ1n) is 10.2. The van der Waals surface area contributed by atoms with E-state index >= 15 is 0 Å². The second kappa shape index (κ2) is 10.7. The van der Waals surface area contributed by atoms with E-state index < -0.39 is 0 Å². The summed E-state index contributed by atoms with van der Waals surface area (Å²) in [7, 11) is 2.10. The van der Waals surface area contributed by atoms with Crippen molar-refractivity contribution in [3.05, 3.63) is 59.4 Å². The van der Waals surface area contributed by atoms with Crippen LogP contribution in [0.25, 0.3) is 0 Å². The molecule has 1 fully saturated rings. The number of carbonyl (C=O) groups is 1. The van der Waals surface area contributed by atoms with E-state index in [1.54, 1.807) is 0 Å². The summed E-state index contributed by atoms with van der Waals surface area (Å²) < 4.78 is 11.1. The van der Waals surface area contributed by atoms with Crippen LogP contribution in [0, 0.1) is 0 Å². The maximum absolute atomic E-state index is 12.6. The van der Waals surface area contributed by atoms with Crippen LogP contribution in [-0.2, 0) is 11.4 Å². The fourth-order valence-electron chi connectivity index (χ4n) is 3.30. The molecule has 2 aromatic carbocycles. The largest absolute Gasteiger partial charge is 0.484 e. The van der Waals surface area contributed by atoms with Gasteiger partial charge in [-0.15, -0.1) is 10.2 Å². The Morgan fingerprint density at radius 3 is 2.69 bits per heavy atom. The van der Waals surface area contributed by atoms with Crippen LogP contribution in [-0.4, -0.2) is 60.0 Å². The monoisotopic (exact) mass is 473 g/mol. The first-order valence-corrected chi connectivity index (χ1v) is 11.6. The summed E-state index contributed by atoms with van der Waals surface area (Å²) in [4.78, 5) is 17.1. The number of likely N-dealkylation sites (N-methyl/N-ethyl adjacent to an activating group) is 1. The van der Waals surface area contributed by atoms with Crippen LogP contribution in [0.4, 0.5) is 11.4 Å². The number of hydrogen-bond donors (Lipinski definition) is 1. The van der Waals surface area contributed by atoms with Crippen LogP contribution in [0.2, 0.25) is 5.02 Å². The normalized spacial score (nSPS) is 14.4. The highest BCUT2D eigenvalue weighted by Gasteiger charge is 2.21. The summed E-state index contributed by atoms with van der Waals surface area (Å²) in [5.41, 5.74) is 1.56. The van der Waals surface area contributed by atoms with Gasteiger partial charge in [0.1, 0.15) is 5.75 Å². The Labute approximate surface area is 195 Å².